The van der Waals surface area contributed by atoms with Crippen molar-refractivity contribution >= 4 is 5.91 Å². The molecule has 0 saturated carbocycles. The molecule has 1 aliphatic rings. The number of rotatable bonds is 5. The Morgan fingerprint density at radius 1 is 1.38 bits per heavy atom. The highest BCUT2D eigenvalue weighted by Gasteiger charge is 2.33. The van der Waals surface area contributed by atoms with Crippen molar-refractivity contribution in [1.29, 1.82) is 5.26 Å². The van der Waals surface area contributed by atoms with E-state index in [1.807, 2.05) is 33.0 Å². The molecule has 7 heteroatoms. The summed E-state index contributed by atoms with van der Waals surface area (Å²) in [5, 5.41) is 21.8. The molecule has 1 aromatic carbocycles. The average molecular weight is 394 g/mol. The van der Waals surface area contributed by atoms with E-state index in [9.17, 15) is 9.90 Å². The first-order valence-corrected chi connectivity index (χ1v) is 9.72. The summed E-state index contributed by atoms with van der Waals surface area (Å²) in [6, 6.07) is 10.7. The summed E-state index contributed by atoms with van der Waals surface area (Å²) < 4.78 is 6.12. The number of nitriles is 1. The number of carbonyl (C=O) groups excluding carboxylic acids is 1. The van der Waals surface area contributed by atoms with Crippen LogP contribution in [-0.2, 0) is 0 Å². The molecule has 0 spiro atoms. The first-order chi connectivity index (χ1) is 14.0. The smallest absolute Gasteiger partial charge is 0.259 e. The van der Waals surface area contributed by atoms with Crippen molar-refractivity contribution in [3.05, 3.63) is 47.7 Å². The number of pyridine rings is 1. The molecular formula is C22H26N4O3. The molecular weight excluding hydrogens is 368 g/mol. The molecule has 1 amide bonds. The summed E-state index contributed by atoms with van der Waals surface area (Å²) in [7, 11) is 1.86. The Bertz CT molecular complexity index is 907. The second kappa shape index (κ2) is 9.03. The van der Waals surface area contributed by atoms with Crippen LogP contribution in [0, 0.1) is 17.2 Å². The predicted octanol–water partition coefficient (Wildman–Crippen LogP) is 2.06. The zero-order valence-corrected chi connectivity index (χ0v) is 16.9. The maximum absolute atomic E-state index is 13.3. The third-order valence-corrected chi connectivity index (χ3v) is 5.27. The third-order valence-electron chi connectivity index (χ3n) is 5.27. The van der Waals surface area contributed by atoms with Gasteiger partial charge in [0.05, 0.1) is 24.3 Å². The Balaban J connectivity index is 2.06. The van der Waals surface area contributed by atoms with Crippen molar-refractivity contribution in [2.24, 2.45) is 5.92 Å². The fourth-order valence-corrected chi connectivity index (χ4v) is 3.44. The minimum Gasteiger partial charge on any atom is -0.472 e. The van der Waals surface area contributed by atoms with Gasteiger partial charge in [-0.05, 0) is 37.7 Å². The molecule has 1 aliphatic heterocycles. The Kier molecular flexibility index (Phi) is 6.47. The van der Waals surface area contributed by atoms with E-state index < -0.39 is 0 Å². The standard InChI is InChI=1S/C22H26N4O3/c1-14-12-26(15(2)13-27)22(28)19-8-18(17-6-4-16(9-23)5-7-17)10-25-21(19)29-20(14)11-24-3/h4-8,10,14-15,20,24,27H,11-13H2,1-3H3/t14-,15+,20-/m1/s1. The van der Waals surface area contributed by atoms with Gasteiger partial charge in [-0.3, -0.25) is 4.79 Å². The van der Waals surface area contributed by atoms with Crippen molar-refractivity contribution in [2.75, 3.05) is 26.7 Å². The van der Waals surface area contributed by atoms with Crippen LogP contribution in [0.5, 0.6) is 5.88 Å². The highest BCUT2D eigenvalue weighted by molar-refractivity contribution is 5.98. The van der Waals surface area contributed by atoms with Crippen molar-refractivity contribution < 1.29 is 14.6 Å². The van der Waals surface area contributed by atoms with Crippen LogP contribution >= 0.6 is 0 Å². The number of ether oxygens (including phenoxy) is 1. The molecule has 0 radical (unpaired) electrons. The number of amides is 1. The van der Waals surface area contributed by atoms with Gasteiger partial charge in [0, 0.05) is 30.8 Å². The number of fused-ring (bicyclic) bond motifs is 1. The highest BCUT2D eigenvalue weighted by Crippen LogP contribution is 2.30. The molecule has 1 aromatic heterocycles. The fraction of sp³-hybridized carbons (Fsp3) is 0.409. The van der Waals surface area contributed by atoms with Gasteiger partial charge in [0.1, 0.15) is 11.7 Å². The SMILES string of the molecule is CNC[C@H]1Oc2ncc(-c3ccc(C#N)cc3)cc2C(=O)N([C@@H](C)CO)C[C@H]1C. The van der Waals surface area contributed by atoms with E-state index in [1.165, 1.54) is 0 Å². The zero-order chi connectivity index (χ0) is 21.0. The number of carbonyl (C=O) groups is 1. The van der Waals surface area contributed by atoms with Gasteiger partial charge < -0.3 is 20.1 Å². The molecule has 3 atom stereocenters. The molecule has 7 nitrogen and oxygen atoms in total. The number of benzene rings is 1. The van der Waals surface area contributed by atoms with Crippen LogP contribution in [0.1, 0.15) is 29.8 Å². The lowest BCUT2D eigenvalue weighted by Crippen LogP contribution is -2.49. The molecule has 0 bridgehead atoms. The van der Waals surface area contributed by atoms with Crippen molar-refractivity contribution in [1.82, 2.24) is 15.2 Å². The van der Waals surface area contributed by atoms with Gasteiger partial charge in [0.2, 0.25) is 5.88 Å². The summed E-state index contributed by atoms with van der Waals surface area (Å²) in [4.78, 5) is 19.5. The molecule has 29 heavy (non-hydrogen) atoms. The van der Waals surface area contributed by atoms with Crippen LogP contribution in [0.25, 0.3) is 11.1 Å². The molecule has 2 aromatic rings. The van der Waals surface area contributed by atoms with E-state index >= 15 is 0 Å². The van der Waals surface area contributed by atoms with E-state index in [4.69, 9.17) is 10.00 Å². The van der Waals surface area contributed by atoms with Crippen LogP contribution in [0.15, 0.2) is 36.5 Å². The van der Waals surface area contributed by atoms with Crippen LogP contribution in [0.2, 0.25) is 0 Å². The van der Waals surface area contributed by atoms with Gasteiger partial charge in [-0.15, -0.1) is 0 Å². The first-order valence-electron chi connectivity index (χ1n) is 9.72. The van der Waals surface area contributed by atoms with E-state index in [0.717, 1.165) is 11.1 Å². The number of aromatic nitrogens is 1. The number of nitrogens with zero attached hydrogens (tertiary/aromatic N) is 3. The van der Waals surface area contributed by atoms with Crippen LogP contribution in [-0.4, -0.2) is 59.8 Å². The highest BCUT2D eigenvalue weighted by atomic mass is 16.5. The van der Waals surface area contributed by atoms with Crippen LogP contribution < -0.4 is 10.1 Å². The summed E-state index contributed by atoms with van der Waals surface area (Å²) in [5.74, 6) is 0.155. The van der Waals surface area contributed by atoms with Gasteiger partial charge in [-0.2, -0.15) is 5.26 Å². The molecule has 0 saturated heterocycles. The first kappa shape index (κ1) is 20.8. The molecule has 0 unspecified atom stereocenters. The maximum atomic E-state index is 13.3. The predicted molar refractivity (Wildman–Crippen MR) is 109 cm³/mol. The summed E-state index contributed by atoms with van der Waals surface area (Å²) in [5.41, 5.74) is 2.57. The van der Waals surface area contributed by atoms with E-state index in [0.29, 0.717) is 30.1 Å². The fourth-order valence-electron chi connectivity index (χ4n) is 3.44. The average Bonchev–Trinajstić information content (AvgIpc) is 2.75. The van der Waals surface area contributed by atoms with Crippen molar-refractivity contribution in [3.63, 3.8) is 0 Å². The third kappa shape index (κ3) is 4.39. The largest absolute Gasteiger partial charge is 0.472 e. The maximum Gasteiger partial charge on any atom is 0.259 e. The van der Waals surface area contributed by atoms with Crippen molar-refractivity contribution in [3.8, 4) is 23.1 Å². The second-order valence-electron chi connectivity index (χ2n) is 7.45. The topological polar surface area (TPSA) is 98.5 Å². The Hall–Kier alpha value is -2.95. The van der Waals surface area contributed by atoms with Crippen LogP contribution in [0.4, 0.5) is 0 Å². The molecule has 3 rings (SSSR count). The quantitative estimate of drug-likeness (QED) is 0.806. The second-order valence-corrected chi connectivity index (χ2v) is 7.45. The van der Waals surface area contributed by atoms with E-state index in [1.54, 1.807) is 29.3 Å². The lowest BCUT2D eigenvalue weighted by atomic mass is 9.99. The molecule has 0 aliphatic carbocycles. The lowest BCUT2D eigenvalue weighted by molar-refractivity contribution is 0.0404. The number of aliphatic hydroxyl groups is 1. The van der Waals surface area contributed by atoms with Gasteiger partial charge in [-0.1, -0.05) is 19.1 Å². The van der Waals surface area contributed by atoms with Gasteiger partial charge in [0.25, 0.3) is 5.91 Å². The normalized spacial score (nSPS) is 20.1. The summed E-state index contributed by atoms with van der Waals surface area (Å²) in [6.07, 6.45) is 1.52. The monoisotopic (exact) mass is 394 g/mol. The molecule has 2 heterocycles. The molecule has 152 valence electrons. The lowest BCUT2D eigenvalue weighted by Gasteiger charge is -2.36. The Labute approximate surface area is 170 Å². The Morgan fingerprint density at radius 2 is 2.10 bits per heavy atom. The van der Waals surface area contributed by atoms with Crippen molar-refractivity contribution in [2.45, 2.75) is 26.0 Å². The number of hydrogen-bond donors (Lipinski definition) is 2. The summed E-state index contributed by atoms with van der Waals surface area (Å²) >= 11 is 0. The van der Waals surface area contributed by atoms with Gasteiger partial charge >= 0.3 is 0 Å². The molecule has 0 fully saturated rings. The number of likely N-dealkylation sites (N-methyl/N-ethyl adjacent to an activating group) is 1. The minimum atomic E-state index is -0.315. The number of aliphatic hydroxyl groups excluding tert-OH is 1. The van der Waals surface area contributed by atoms with Crippen LogP contribution in [0.3, 0.4) is 0 Å². The minimum absolute atomic E-state index is 0.0635. The zero-order valence-electron chi connectivity index (χ0n) is 16.9. The number of hydrogen-bond acceptors (Lipinski definition) is 6. The number of nitrogens with one attached hydrogen (secondary N) is 1. The van der Waals surface area contributed by atoms with E-state index in [2.05, 4.69) is 16.4 Å². The Morgan fingerprint density at radius 3 is 2.72 bits per heavy atom. The van der Waals surface area contributed by atoms with Gasteiger partial charge in [0.15, 0.2) is 0 Å². The van der Waals surface area contributed by atoms with E-state index in [-0.39, 0.29) is 30.6 Å². The summed E-state index contributed by atoms with van der Waals surface area (Å²) in [6.45, 7) is 4.84. The molecule has 2 N–H and O–H groups in total. The van der Waals surface area contributed by atoms with Gasteiger partial charge in [-0.25, -0.2) is 4.98 Å².